The highest BCUT2D eigenvalue weighted by Crippen LogP contribution is 2.40. The predicted octanol–water partition coefficient (Wildman–Crippen LogP) is 1.23. The van der Waals surface area contributed by atoms with Crippen molar-refractivity contribution in [1.82, 2.24) is 0 Å². The van der Waals surface area contributed by atoms with Crippen LogP contribution in [0.15, 0.2) is 5.11 Å². The Hall–Kier alpha value is -0.730. The molecule has 0 spiro atoms. The fraction of sp³-hybridized carbons (Fsp3) is 1.00. The van der Waals surface area contributed by atoms with E-state index in [0.717, 1.165) is 12.8 Å². The lowest BCUT2D eigenvalue weighted by atomic mass is 10.3. The molecule has 0 aromatic carbocycles. The molecule has 0 N–H and O–H groups in total. The predicted molar refractivity (Wildman–Crippen MR) is 30.8 cm³/mol. The molecule has 0 unspecified atom stereocenters. The van der Waals surface area contributed by atoms with Gasteiger partial charge in [-0.3, -0.25) is 0 Å². The number of rotatable bonds is 1. The van der Waals surface area contributed by atoms with E-state index < -0.39 is 0 Å². The molecule has 9 heavy (non-hydrogen) atoms. The maximum atomic E-state index is 8.07. The molecular weight excluding hydrogens is 118 g/mol. The Bertz CT molecular complexity index is 175. The lowest BCUT2D eigenvalue weighted by molar-refractivity contribution is 0.301. The topological polar surface area (TPSA) is 61.3 Å². The minimum atomic E-state index is 0.139. The van der Waals surface area contributed by atoms with Crippen molar-refractivity contribution in [2.24, 2.45) is 5.11 Å². The molecule has 4 nitrogen and oxygen atoms in total. The number of fused-ring (bicyclic) bond motifs is 1. The molecule has 1 saturated heterocycles. The molecule has 0 radical (unpaired) electrons. The normalized spacial score (nSPS) is 45.6. The van der Waals surface area contributed by atoms with Gasteiger partial charge in [-0.05, 0) is 18.4 Å². The van der Waals surface area contributed by atoms with Gasteiger partial charge in [0, 0.05) is 4.91 Å². The van der Waals surface area contributed by atoms with Crippen LogP contribution in [0, 0.1) is 0 Å². The monoisotopic (exact) mass is 125 g/mol. The maximum Gasteiger partial charge on any atom is 0.0926 e. The van der Waals surface area contributed by atoms with Crippen molar-refractivity contribution in [1.29, 1.82) is 0 Å². The van der Waals surface area contributed by atoms with Crippen LogP contribution in [0.3, 0.4) is 0 Å². The molecule has 2 fully saturated rings. The molecule has 3 atom stereocenters. The summed E-state index contributed by atoms with van der Waals surface area (Å²) in [7, 11) is 0. The van der Waals surface area contributed by atoms with Crippen LogP contribution in [0.5, 0.6) is 0 Å². The SMILES string of the molecule is [N-]=[N+]=N[C@@H]1CC[C@H]2O[C@@H]12. The number of hydrogen-bond donors (Lipinski definition) is 0. The second-order valence-corrected chi connectivity index (χ2v) is 2.49. The molecule has 0 aromatic rings. The molecule has 48 valence electrons. The van der Waals surface area contributed by atoms with Gasteiger partial charge in [-0.1, -0.05) is 5.11 Å². The summed E-state index contributed by atoms with van der Waals surface area (Å²) < 4.78 is 5.15. The first kappa shape index (κ1) is 5.09. The fourth-order valence-corrected chi connectivity index (χ4v) is 1.42. The van der Waals surface area contributed by atoms with E-state index in [2.05, 4.69) is 10.0 Å². The van der Waals surface area contributed by atoms with Crippen LogP contribution >= 0.6 is 0 Å². The Morgan fingerprint density at radius 1 is 1.56 bits per heavy atom. The molecule has 2 rings (SSSR count). The van der Waals surface area contributed by atoms with Gasteiger partial charge < -0.3 is 4.74 Å². The van der Waals surface area contributed by atoms with Gasteiger partial charge in [0.25, 0.3) is 0 Å². The van der Waals surface area contributed by atoms with E-state index in [1.165, 1.54) is 0 Å². The summed E-state index contributed by atoms with van der Waals surface area (Å²) in [5.41, 5.74) is 8.07. The van der Waals surface area contributed by atoms with E-state index >= 15 is 0 Å². The number of nitrogens with zero attached hydrogens (tertiary/aromatic N) is 3. The summed E-state index contributed by atoms with van der Waals surface area (Å²) in [5, 5.41) is 3.60. The van der Waals surface area contributed by atoms with Crippen LogP contribution < -0.4 is 0 Å². The molecule has 1 heterocycles. The van der Waals surface area contributed by atoms with Gasteiger partial charge in [-0.25, -0.2) is 0 Å². The second kappa shape index (κ2) is 1.62. The summed E-state index contributed by atoms with van der Waals surface area (Å²) in [6.07, 6.45) is 2.80. The van der Waals surface area contributed by atoms with Crippen LogP contribution in [0.4, 0.5) is 0 Å². The van der Waals surface area contributed by atoms with Crippen molar-refractivity contribution in [2.45, 2.75) is 31.1 Å². The number of hydrogen-bond acceptors (Lipinski definition) is 2. The third-order valence-corrected chi connectivity index (χ3v) is 1.95. The second-order valence-electron chi connectivity index (χ2n) is 2.49. The minimum absolute atomic E-state index is 0.139. The molecule has 0 bridgehead atoms. The van der Waals surface area contributed by atoms with Crippen molar-refractivity contribution >= 4 is 0 Å². The van der Waals surface area contributed by atoms with Gasteiger partial charge in [-0.15, -0.1) is 0 Å². The third-order valence-electron chi connectivity index (χ3n) is 1.95. The van der Waals surface area contributed by atoms with E-state index in [-0.39, 0.29) is 12.1 Å². The van der Waals surface area contributed by atoms with Crippen molar-refractivity contribution < 1.29 is 4.74 Å². The molecule has 1 aliphatic carbocycles. The van der Waals surface area contributed by atoms with E-state index in [0.29, 0.717) is 6.10 Å². The zero-order valence-corrected chi connectivity index (χ0v) is 4.90. The Morgan fingerprint density at radius 2 is 2.44 bits per heavy atom. The van der Waals surface area contributed by atoms with Crippen molar-refractivity contribution in [3.8, 4) is 0 Å². The summed E-state index contributed by atoms with van der Waals surface area (Å²) in [4.78, 5) is 2.74. The summed E-state index contributed by atoms with van der Waals surface area (Å²) in [5.74, 6) is 0. The van der Waals surface area contributed by atoms with Crippen LogP contribution in [-0.2, 0) is 4.74 Å². The molecule has 4 heteroatoms. The highest BCUT2D eigenvalue weighted by Gasteiger charge is 2.49. The highest BCUT2D eigenvalue weighted by atomic mass is 16.6. The highest BCUT2D eigenvalue weighted by molar-refractivity contribution is 5.01. The number of epoxide rings is 1. The third kappa shape index (κ3) is 0.677. The molecule has 0 amide bonds. The molecule has 1 saturated carbocycles. The lowest BCUT2D eigenvalue weighted by Crippen LogP contribution is -2.05. The summed E-state index contributed by atoms with van der Waals surface area (Å²) in [6, 6.07) is 0.139. The van der Waals surface area contributed by atoms with Crippen LogP contribution in [-0.4, -0.2) is 18.2 Å². The average molecular weight is 125 g/mol. The first-order valence-corrected chi connectivity index (χ1v) is 3.11. The largest absolute Gasteiger partial charge is 0.369 e. The Morgan fingerprint density at radius 3 is 2.89 bits per heavy atom. The van der Waals surface area contributed by atoms with E-state index in [9.17, 15) is 0 Å². The van der Waals surface area contributed by atoms with Gasteiger partial charge in [0.15, 0.2) is 0 Å². The number of azide groups is 1. The van der Waals surface area contributed by atoms with Crippen LogP contribution in [0.1, 0.15) is 12.8 Å². The van der Waals surface area contributed by atoms with Gasteiger partial charge >= 0.3 is 0 Å². The first-order chi connectivity index (χ1) is 4.42. The van der Waals surface area contributed by atoms with Crippen LogP contribution in [0.2, 0.25) is 0 Å². The maximum absolute atomic E-state index is 8.07. The van der Waals surface area contributed by atoms with Crippen molar-refractivity contribution in [2.75, 3.05) is 0 Å². The summed E-state index contributed by atoms with van der Waals surface area (Å²) in [6.45, 7) is 0. The molecular formula is C5H7N3O. The van der Waals surface area contributed by atoms with Gasteiger partial charge in [0.05, 0.1) is 18.2 Å². The fourth-order valence-electron chi connectivity index (χ4n) is 1.42. The standard InChI is InChI=1S/C5H7N3O/c6-8-7-3-1-2-4-5(3)9-4/h3-5H,1-2H2/t3-,4-,5+/m1/s1. The Kier molecular flexibility index (Phi) is 0.917. The van der Waals surface area contributed by atoms with Gasteiger partial charge in [-0.2, -0.15) is 0 Å². The van der Waals surface area contributed by atoms with E-state index in [4.69, 9.17) is 10.3 Å². The summed E-state index contributed by atoms with van der Waals surface area (Å²) >= 11 is 0. The Balaban J connectivity index is 2.05. The molecule has 0 aromatic heterocycles. The zero-order chi connectivity index (χ0) is 6.27. The molecule has 2 aliphatic rings. The Labute approximate surface area is 52.4 Å². The van der Waals surface area contributed by atoms with Crippen molar-refractivity contribution in [3.63, 3.8) is 0 Å². The van der Waals surface area contributed by atoms with E-state index in [1.54, 1.807) is 0 Å². The molecule has 1 aliphatic heterocycles. The average Bonchev–Trinajstić information content (AvgIpc) is 2.54. The van der Waals surface area contributed by atoms with Gasteiger partial charge in [0.1, 0.15) is 0 Å². The van der Waals surface area contributed by atoms with Gasteiger partial charge in [0.2, 0.25) is 0 Å². The lowest BCUT2D eigenvalue weighted by Gasteiger charge is -1.97. The smallest absolute Gasteiger partial charge is 0.0926 e. The zero-order valence-electron chi connectivity index (χ0n) is 4.90. The van der Waals surface area contributed by atoms with Crippen molar-refractivity contribution in [3.05, 3.63) is 10.4 Å². The quantitative estimate of drug-likeness (QED) is 0.225. The number of ether oxygens (including phenoxy) is 1. The van der Waals surface area contributed by atoms with E-state index in [1.807, 2.05) is 0 Å². The van der Waals surface area contributed by atoms with Crippen LogP contribution in [0.25, 0.3) is 10.4 Å². The first-order valence-electron chi connectivity index (χ1n) is 3.11. The minimum Gasteiger partial charge on any atom is -0.369 e.